The van der Waals surface area contributed by atoms with Crippen molar-refractivity contribution in [3.05, 3.63) is 71.8 Å². The van der Waals surface area contributed by atoms with Crippen LogP contribution >= 0.6 is 0 Å². The minimum atomic E-state index is -1.29. The summed E-state index contributed by atoms with van der Waals surface area (Å²) in [6.45, 7) is 3.97. The lowest BCUT2D eigenvalue weighted by molar-refractivity contribution is -0.173. The molecule has 0 aliphatic carbocycles. The zero-order valence-electron chi connectivity index (χ0n) is 16.1. The number of carbonyl (C=O) groups excluding carboxylic acids is 2. The highest BCUT2D eigenvalue weighted by Gasteiger charge is 2.48. The minimum absolute atomic E-state index is 0.233. The van der Waals surface area contributed by atoms with Crippen molar-refractivity contribution in [3.63, 3.8) is 0 Å². The number of hydrogen-bond donors (Lipinski definition) is 0. The second kappa shape index (κ2) is 10.5. The highest BCUT2D eigenvalue weighted by Crippen LogP contribution is 2.34. The molecule has 144 valence electrons. The highest BCUT2D eigenvalue weighted by molar-refractivity contribution is 6.00. The third-order valence-electron chi connectivity index (χ3n) is 4.70. The molecule has 0 amide bonds. The summed E-state index contributed by atoms with van der Waals surface area (Å²) in [7, 11) is 0. The molecule has 4 heteroatoms. The van der Waals surface area contributed by atoms with E-state index in [0.717, 1.165) is 11.1 Å². The first kappa shape index (κ1) is 20.7. The maximum absolute atomic E-state index is 12.9. The lowest BCUT2D eigenvalue weighted by Gasteiger charge is -2.29. The molecule has 0 saturated carbocycles. The van der Waals surface area contributed by atoms with Gasteiger partial charge in [0.25, 0.3) is 0 Å². The van der Waals surface area contributed by atoms with E-state index in [4.69, 9.17) is 9.47 Å². The average molecular weight is 368 g/mol. The first-order valence-electron chi connectivity index (χ1n) is 9.54. The van der Waals surface area contributed by atoms with Crippen molar-refractivity contribution >= 4 is 11.9 Å². The molecule has 0 fully saturated rings. The maximum atomic E-state index is 12.9. The maximum Gasteiger partial charge on any atom is 0.323 e. The Kier molecular flexibility index (Phi) is 8.05. The molecule has 0 spiro atoms. The van der Waals surface area contributed by atoms with Gasteiger partial charge in [-0.25, -0.2) is 0 Å². The molecule has 27 heavy (non-hydrogen) atoms. The van der Waals surface area contributed by atoms with Crippen LogP contribution in [0.5, 0.6) is 0 Å². The third kappa shape index (κ3) is 5.68. The van der Waals surface area contributed by atoms with Crippen molar-refractivity contribution in [1.29, 1.82) is 0 Å². The average Bonchev–Trinajstić information content (AvgIpc) is 2.70. The summed E-state index contributed by atoms with van der Waals surface area (Å²) in [5.74, 6) is -0.981. The summed E-state index contributed by atoms with van der Waals surface area (Å²) in [5.41, 5.74) is 0.864. The van der Waals surface area contributed by atoms with Crippen molar-refractivity contribution in [2.24, 2.45) is 5.41 Å². The monoisotopic (exact) mass is 368 g/mol. The van der Waals surface area contributed by atoms with E-state index < -0.39 is 17.4 Å². The zero-order valence-corrected chi connectivity index (χ0v) is 16.1. The number of hydrogen-bond acceptors (Lipinski definition) is 4. The Labute approximate surface area is 161 Å². The Morgan fingerprint density at radius 3 is 1.41 bits per heavy atom. The van der Waals surface area contributed by atoms with Gasteiger partial charge in [-0.3, -0.25) is 9.59 Å². The van der Waals surface area contributed by atoms with E-state index in [0.29, 0.717) is 25.7 Å². The van der Waals surface area contributed by atoms with Gasteiger partial charge in [0.1, 0.15) is 0 Å². The molecule has 0 radical (unpaired) electrons. The van der Waals surface area contributed by atoms with E-state index in [2.05, 4.69) is 0 Å². The number of benzene rings is 2. The Morgan fingerprint density at radius 1 is 0.704 bits per heavy atom. The second-order valence-electron chi connectivity index (χ2n) is 6.49. The fourth-order valence-corrected chi connectivity index (χ4v) is 3.16. The molecule has 2 aromatic rings. The molecule has 0 saturated heterocycles. The predicted molar refractivity (Wildman–Crippen MR) is 105 cm³/mol. The summed E-state index contributed by atoms with van der Waals surface area (Å²) >= 11 is 0. The summed E-state index contributed by atoms with van der Waals surface area (Å²) in [6, 6.07) is 19.7. The van der Waals surface area contributed by atoms with Crippen molar-refractivity contribution < 1.29 is 19.1 Å². The van der Waals surface area contributed by atoms with Crippen LogP contribution < -0.4 is 0 Å². The van der Waals surface area contributed by atoms with Gasteiger partial charge in [0, 0.05) is 0 Å². The summed E-state index contributed by atoms with van der Waals surface area (Å²) < 4.78 is 10.6. The van der Waals surface area contributed by atoms with Gasteiger partial charge in [0.05, 0.1) is 13.2 Å². The van der Waals surface area contributed by atoms with Gasteiger partial charge >= 0.3 is 11.9 Å². The molecule has 2 aromatic carbocycles. The van der Waals surface area contributed by atoms with Gasteiger partial charge in [0.2, 0.25) is 0 Å². The molecule has 0 atom stereocenters. The van der Waals surface area contributed by atoms with Crippen molar-refractivity contribution in [1.82, 2.24) is 0 Å². The SMILES string of the molecule is CCOC(=O)C(CCc1ccccc1)(CCc1ccccc1)C(=O)OCC. The zero-order chi connectivity index (χ0) is 19.5. The van der Waals surface area contributed by atoms with Gasteiger partial charge in [-0.15, -0.1) is 0 Å². The van der Waals surface area contributed by atoms with Gasteiger partial charge in [0.15, 0.2) is 5.41 Å². The van der Waals surface area contributed by atoms with Crippen LogP contribution in [-0.4, -0.2) is 25.2 Å². The van der Waals surface area contributed by atoms with E-state index in [1.165, 1.54) is 0 Å². The molecule has 0 N–H and O–H groups in total. The van der Waals surface area contributed by atoms with Gasteiger partial charge in [-0.05, 0) is 50.7 Å². The standard InChI is InChI=1S/C23H28O4/c1-3-26-21(24)23(22(25)27-4-2,17-15-19-11-7-5-8-12-19)18-16-20-13-9-6-10-14-20/h5-14H,3-4,15-18H2,1-2H3. The Balaban J connectivity index is 2.28. The fourth-order valence-electron chi connectivity index (χ4n) is 3.16. The van der Waals surface area contributed by atoms with Crippen molar-refractivity contribution in [2.75, 3.05) is 13.2 Å². The van der Waals surface area contributed by atoms with Crippen LogP contribution in [0.4, 0.5) is 0 Å². The molecule has 0 aliphatic rings. The van der Waals surface area contributed by atoms with E-state index in [-0.39, 0.29) is 13.2 Å². The Bertz CT molecular complexity index is 646. The van der Waals surface area contributed by atoms with Gasteiger partial charge in [-0.2, -0.15) is 0 Å². The molecule has 4 nitrogen and oxygen atoms in total. The lowest BCUT2D eigenvalue weighted by atomic mass is 9.77. The molecular formula is C23H28O4. The van der Waals surface area contributed by atoms with E-state index >= 15 is 0 Å². The topological polar surface area (TPSA) is 52.6 Å². The highest BCUT2D eigenvalue weighted by atomic mass is 16.6. The first-order valence-corrected chi connectivity index (χ1v) is 9.54. The molecule has 0 heterocycles. The second-order valence-corrected chi connectivity index (χ2v) is 6.49. The van der Waals surface area contributed by atoms with Crippen LogP contribution in [-0.2, 0) is 31.9 Å². The Hall–Kier alpha value is -2.62. The molecular weight excluding hydrogens is 340 g/mol. The normalized spacial score (nSPS) is 11.0. The van der Waals surface area contributed by atoms with E-state index in [1.807, 2.05) is 60.7 Å². The molecule has 0 aromatic heterocycles. The van der Waals surface area contributed by atoms with Gasteiger partial charge < -0.3 is 9.47 Å². The van der Waals surface area contributed by atoms with E-state index in [9.17, 15) is 9.59 Å². The number of aryl methyl sites for hydroxylation is 2. The smallest absolute Gasteiger partial charge is 0.323 e. The van der Waals surface area contributed by atoms with Crippen LogP contribution in [0.1, 0.15) is 37.8 Å². The number of carbonyl (C=O) groups is 2. The number of rotatable bonds is 10. The first-order chi connectivity index (χ1) is 13.1. The Morgan fingerprint density at radius 2 is 1.07 bits per heavy atom. The molecule has 0 bridgehead atoms. The summed E-state index contributed by atoms with van der Waals surface area (Å²) in [4.78, 5) is 25.8. The van der Waals surface area contributed by atoms with Gasteiger partial charge in [-0.1, -0.05) is 60.7 Å². The van der Waals surface area contributed by atoms with Crippen LogP contribution in [0.15, 0.2) is 60.7 Å². The van der Waals surface area contributed by atoms with Crippen molar-refractivity contribution in [2.45, 2.75) is 39.5 Å². The summed E-state index contributed by atoms with van der Waals surface area (Å²) in [5, 5.41) is 0. The molecule has 0 aliphatic heterocycles. The fraction of sp³-hybridized carbons (Fsp3) is 0.391. The third-order valence-corrected chi connectivity index (χ3v) is 4.70. The van der Waals surface area contributed by atoms with Crippen LogP contribution in [0, 0.1) is 5.41 Å². The largest absolute Gasteiger partial charge is 0.465 e. The van der Waals surface area contributed by atoms with Crippen LogP contribution in [0.2, 0.25) is 0 Å². The van der Waals surface area contributed by atoms with Crippen LogP contribution in [0.3, 0.4) is 0 Å². The summed E-state index contributed by atoms with van der Waals surface area (Å²) in [6.07, 6.45) is 1.93. The molecule has 0 unspecified atom stereocenters. The number of ether oxygens (including phenoxy) is 2. The quantitative estimate of drug-likeness (QED) is 0.462. The lowest BCUT2D eigenvalue weighted by Crippen LogP contribution is -2.43. The minimum Gasteiger partial charge on any atom is -0.465 e. The molecule has 2 rings (SSSR count). The van der Waals surface area contributed by atoms with Crippen LogP contribution in [0.25, 0.3) is 0 Å². The van der Waals surface area contributed by atoms with Crippen molar-refractivity contribution in [3.8, 4) is 0 Å². The predicted octanol–water partition coefficient (Wildman–Crippen LogP) is 4.36. The van der Waals surface area contributed by atoms with E-state index in [1.54, 1.807) is 13.8 Å². The number of esters is 2.